The van der Waals surface area contributed by atoms with Gasteiger partial charge in [0.15, 0.2) is 5.78 Å². The van der Waals surface area contributed by atoms with E-state index in [-0.39, 0.29) is 10.7 Å². The van der Waals surface area contributed by atoms with Crippen LogP contribution in [0.5, 0.6) is 0 Å². The summed E-state index contributed by atoms with van der Waals surface area (Å²) in [5, 5.41) is 0. The summed E-state index contributed by atoms with van der Waals surface area (Å²) in [4.78, 5) is 11.4. The smallest absolute Gasteiger partial charge is 0.240 e. The van der Waals surface area contributed by atoms with Crippen LogP contribution in [0.15, 0.2) is 29.2 Å². The topological polar surface area (TPSA) is 63.2 Å². The summed E-state index contributed by atoms with van der Waals surface area (Å²) in [6.45, 7) is 3.97. The fraction of sp³-hybridized carbons (Fsp3) is 0.500. The van der Waals surface area contributed by atoms with Crippen molar-refractivity contribution in [3.05, 3.63) is 29.8 Å². The van der Waals surface area contributed by atoms with Crippen molar-refractivity contribution < 1.29 is 13.2 Å². The molecule has 0 aliphatic carbocycles. The molecule has 0 amide bonds. The van der Waals surface area contributed by atoms with E-state index in [1.165, 1.54) is 19.1 Å². The molecule has 19 heavy (non-hydrogen) atoms. The Morgan fingerprint density at radius 2 is 1.95 bits per heavy atom. The molecule has 0 bridgehead atoms. The summed E-state index contributed by atoms with van der Waals surface area (Å²) < 4.78 is 26.6. The number of rotatable bonds is 8. The van der Waals surface area contributed by atoms with E-state index in [0.29, 0.717) is 12.1 Å². The molecular weight excluding hydrogens is 262 g/mol. The fourth-order valence-corrected chi connectivity index (χ4v) is 2.84. The number of hydrogen-bond acceptors (Lipinski definition) is 3. The number of sulfonamides is 1. The van der Waals surface area contributed by atoms with Gasteiger partial charge in [0.1, 0.15) is 0 Å². The molecule has 0 saturated heterocycles. The summed E-state index contributed by atoms with van der Waals surface area (Å²) in [7, 11) is -3.51. The van der Waals surface area contributed by atoms with E-state index in [0.717, 1.165) is 25.7 Å². The summed E-state index contributed by atoms with van der Waals surface area (Å²) in [6.07, 6.45) is 4.08. The SMILES string of the molecule is CCCCCCNS(=O)(=O)c1cccc(C(C)=O)c1. The van der Waals surface area contributed by atoms with Crippen LogP contribution in [-0.2, 0) is 10.0 Å². The van der Waals surface area contributed by atoms with Crippen molar-refractivity contribution >= 4 is 15.8 Å². The second-order valence-electron chi connectivity index (χ2n) is 4.54. The first-order valence-corrected chi connectivity index (χ1v) is 8.06. The molecule has 1 aromatic carbocycles. The van der Waals surface area contributed by atoms with E-state index >= 15 is 0 Å². The van der Waals surface area contributed by atoms with E-state index in [9.17, 15) is 13.2 Å². The summed E-state index contributed by atoms with van der Waals surface area (Å²) in [6, 6.07) is 6.11. The van der Waals surface area contributed by atoms with Crippen LogP contribution < -0.4 is 4.72 Å². The van der Waals surface area contributed by atoms with Gasteiger partial charge >= 0.3 is 0 Å². The van der Waals surface area contributed by atoms with Crippen molar-refractivity contribution in [2.45, 2.75) is 44.4 Å². The van der Waals surface area contributed by atoms with Gasteiger partial charge in [0.25, 0.3) is 0 Å². The lowest BCUT2D eigenvalue weighted by molar-refractivity contribution is 0.101. The highest BCUT2D eigenvalue weighted by Gasteiger charge is 2.14. The fourth-order valence-electron chi connectivity index (χ4n) is 1.72. The van der Waals surface area contributed by atoms with Crippen molar-refractivity contribution in [2.24, 2.45) is 0 Å². The Morgan fingerprint density at radius 3 is 2.58 bits per heavy atom. The highest BCUT2D eigenvalue weighted by atomic mass is 32.2. The highest BCUT2D eigenvalue weighted by Crippen LogP contribution is 2.12. The van der Waals surface area contributed by atoms with Gasteiger partial charge in [0.05, 0.1) is 4.90 Å². The number of hydrogen-bond donors (Lipinski definition) is 1. The van der Waals surface area contributed by atoms with Crippen molar-refractivity contribution in [2.75, 3.05) is 6.54 Å². The zero-order valence-corrected chi connectivity index (χ0v) is 12.3. The number of ketones is 1. The van der Waals surface area contributed by atoms with Crippen LogP contribution in [0.2, 0.25) is 0 Å². The Hall–Kier alpha value is -1.20. The number of carbonyl (C=O) groups is 1. The Morgan fingerprint density at radius 1 is 1.21 bits per heavy atom. The molecular formula is C14H21NO3S. The maximum atomic E-state index is 12.0. The number of Topliss-reactive ketones (excluding diaryl/α,β-unsaturated/α-hetero) is 1. The third-order valence-electron chi connectivity index (χ3n) is 2.87. The molecule has 0 unspecified atom stereocenters. The van der Waals surface area contributed by atoms with Crippen LogP contribution in [0, 0.1) is 0 Å². The quantitative estimate of drug-likeness (QED) is 0.589. The van der Waals surface area contributed by atoms with Crippen LogP contribution in [0.25, 0.3) is 0 Å². The van der Waals surface area contributed by atoms with Gasteiger partial charge in [-0.2, -0.15) is 0 Å². The zero-order valence-electron chi connectivity index (χ0n) is 11.5. The molecule has 0 aromatic heterocycles. The second kappa shape index (κ2) is 7.40. The molecule has 0 heterocycles. The first-order chi connectivity index (χ1) is 8.97. The number of unbranched alkanes of at least 4 members (excludes halogenated alkanes) is 3. The lowest BCUT2D eigenvalue weighted by Gasteiger charge is -2.07. The maximum absolute atomic E-state index is 12.0. The molecule has 0 saturated carbocycles. The standard InChI is InChI=1S/C14H21NO3S/c1-3-4-5-6-10-15-19(17,18)14-9-7-8-13(11-14)12(2)16/h7-9,11,15H,3-6,10H2,1-2H3. The van der Waals surface area contributed by atoms with Crippen LogP contribution in [-0.4, -0.2) is 20.7 Å². The van der Waals surface area contributed by atoms with Gasteiger partial charge in [-0.05, 0) is 25.5 Å². The highest BCUT2D eigenvalue weighted by molar-refractivity contribution is 7.89. The van der Waals surface area contributed by atoms with Crippen LogP contribution in [0.4, 0.5) is 0 Å². The molecule has 0 spiro atoms. The van der Waals surface area contributed by atoms with E-state index in [1.807, 2.05) is 0 Å². The van der Waals surface area contributed by atoms with Crippen molar-refractivity contribution in [3.63, 3.8) is 0 Å². The van der Waals surface area contributed by atoms with Crippen molar-refractivity contribution in [3.8, 4) is 0 Å². The Bertz CT molecular complexity index is 523. The average molecular weight is 283 g/mol. The predicted octanol–water partition coefficient (Wildman–Crippen LogP) is 2.75. The lowest BCUT2D eigenvalue weighted by atomic mass is 10.2. The van der Waals surface area contributed by atoms with E-state index in [1.54, 1.807) is 12.1 Å². The van der Waals surface area contributed by atoms with Gasteiger partial charge in [-0.25, -0.2) is 13.1 Å². The van der Waals surface area contributed by atoms with E-state index in [4.69, 9.17) is 0 Å². The van der Waals surface area contributed by atoms with E-state index < -0.39 is 10.0 Å². The molecule has 0 aliphatic heterocycles. The minimum absolute atomic E-state index is 0.139. The maximum Gasteiger partial charge on any atom is 0.240 e. The van der Waals surface area contributed by atoms with Gasteiger partial charge in [0, 0.05) is 12.1 Å². The van der Waals surface area contributed by atoms with Crippen LogP contribution in [0.1, 0.15) is 49.9 Å². The van der Waals surface area contributed by atoms with Crippen LogP contribution in [0.3, 0.4) is 0 Å². The molecule has 4 nitrogen and oxygen atoms in total. The third-order valence-corrected chi connectivity index (χ3v) is 4.33. The first kappa shape index (κ1) is 15.9. The average Bonchev–Trinajstić information content (AvgIpc) is 2.38. The predicted molar refractivity (Wildman–Crippen MR) is 75.8 cm³/mol. The molecule has 1 rings (SSSR count). The zero-order chi connectivity index (χ0) is 14.3. The molecule has 106 valence electrons. The second-order valence-corrected chi connectivity index (χ2v) is 6.31. The van der Waals surface area contributed by atoms with Gasteiger partial charge in [0.2, 0.25) is 10.0 Å². The van der Waals surface area contributed by atoms with Crippen molar-refractivity contribution in [1.82, 2.24) is 4.72 Å². The number of nitrogens with one attached hydrogen (secondary N) is 1. The Labute approximate surface area is 115 Å². The summed E-state index contributed by atoms with van der Waals surface area (Å²) in [5.41, 5.74) is 0.411. The lowest BCUT2D eigenvalue weighted by Crippen LogP contribution is -2.25. The van der Waals surface area contributed by atoms with E-state index in [2.05, 4.69) is 11.6 Å². The van der Waals surface area contributed by atoms with Crippen LogP contribution >= 0.6 is 0 Å². The first-order valence-electron chi connectivity index (χ1n) is 6.58. The molecule has 0 fully saturated rings. The van der Waals surface area contributed by atoms with Gasteiger partial charge < -0.3 is 0 Å². The number of benzene rings is 1. The molecule has 1 N–H and O–H groups in total. The monoisotopic (exact) mass is 283 g/mol. The van der Waals surface area contributed by atoms with Gasteiger partial charge in [-0.1, -0.05) is 38.3 Å². The minimum atomic E-state index is -3.51. The van der Waals surface area contributed by atoms with Gasteiger partial charge in [-0.15, -0.1) is 0 Å². The minimum Gasteiger partial charge on any atom is -0.295 e. The molecule has 0 aliphatic rings. The van der Waals surface area contributed by atoms with Gasteiger partial charge in [-0.3, -0.25) is 4.79 Å². The van der Waals surface area contributed by atoms with Crippen molar-refractivity contribution in [1.29, 1.82) is 0 Å². The Balaban J connectivity index is 2.66. The summed E-state index contributed by atoms with van der Waals surface area (Å²) in [5.74, 6) is -0.139. The third kappa shape index (κ3) is 5.12. The molecule has 0 radical (unpaired) electrons. The largest absolute Gasteiger partial charge is 0.295 e. The normalized spacial score (nSPS) is 11.5. The molecule has 5 heteroatoms. The molecule has 0 atom stereocenters. The molecule has 1 aromatic rings. The summed E-state index contributed by atoms with van der Waals surface area (Å²) >= 11 is 0. The Kier molecular flexibility index (Phi) is 6.18. The number of carbonyl (C=O) groups excluding carboxylic acids is 1.